The van der Waals surface area contributed by atoms with Crippen molar-refractivity contribution in [2.24, 2.45) is 7.05 Å². The Hall–Kier alpha value is -1.65. The molecular weight excluding hydrogens is 313 g/mol. The van der Waals surface area contributed by atoms with Crippen LogP contribution in [0.25, 0.3) is 0 Å². The molecule has 0 amide bonds. The first-order valence-corrected chi connectivity index (χ1v) is 7.12. The second-order valence-corrected chi connectivity index (χ2v) is 5.32. The molecule has 0 N–H and O–H groups in total. The van der Waals surface area contributed by atoms with Gasteiger partial charge in [0.2, 0.25) is 0 Å². The van der Waals surface area contributed by atoms with E-state index in [0.29, 0.717) is 21.5 Å². The van der Waals surface area contributed by atoms with Crippen molar-refractivity contribution in [3.8, 4) is 5.75 Å². The molecule has 0 saturated heterocycles. The highest BCUT2D eigenvalue weighted by Gasteiger charge is 2.12. The first kappa shape index (κ1) is 15.7. The average Bonchev–Trinajstić information content (AvgIpc) is 2.77. The molecule has 21 heavy (non-hydrogen) atoms. The van der Waals surface area contributed by atoms with Crippen LogP contribution < -0.4 is 4.74 Å². The van der Waals surface area contributed by atoms with Gasteiger partial charge in [-0.2, -0.15) is 0 Å². The molecule has 1 heterocycles. The zero-order valence-corrected chi connectivity index (χ0v) is 13.2. The average molecular weight is 328 g/mol. The van der Waals surface area contributed by atoms with E-state index in [0.717, 1.165) is 5.69 Å². The summed E-state index contributed by atoms with van der Waals surface area (Å²) in [4.78, 5) is 11.9. The zero-order valence-electron chi connectivity index (χ0n) is 11.7. The summed E-state index contributed by atoms with van der Waals surface area (Å²) in [5, 5.41) is 0.963. The number of halogens is 2. The maximum absolute atomic E-state index is 11.9. The molecule has 0 saturated carbocycles. The second kappa shape index (κ2) is 6.87. The van der Waals surface area contributed by atoms with Gasteiger partial charge in [-0.1, -0.05) is 23.2 Å². The third kappa shape index (κ3) is 3.93. The van der Waals surface area contributed by atoms with Gasteiger partial charge in [0.05, 0.1) is 5.02 Å². The van der Waals surface area contributed by atoms with Gasteiger partial charge >= 0.3 is 5.97 Å². The molecule has 2 aromatic rings. The van der Waals surface area contributed by atoms with E-state index in [2.05, 4.69) is 0 Å². The van der Waals surface area contributed by atoms with Crippen LogP contribution in [0.3, 0.4) is 0 Å². The van der Waals surface area contributed by atoms with E-state index in [1.165, 1.54) is 0 Å². The van der Waals surface area contributed by atoms with Crippen LogP contribution in [0.15, 0.2) is 30.3 Å². The Labute approximate surface area is 133 Å². The van der Waals surface area contributed by atoms with Crippen molar-refractivity contribution < 1.29 is 14.3 Å². The van der Waals surface area contributed by atoms with E-state index in [-0.39, 0.29) is 19.2 Å². The van der Waals surface area contributed by atoms with Crippen molar-refractivity contribution in [3.05, 3.63) is 51.8 Å². The van der Waals surface area contributed by atoms with Gasteiger partial charge in [0, 0.05) is 17.8 Å². The fourth-order valence-corrected chi connectivity index (χ4v) is 2.23. The molecule has 0 atom stereocenters. The smallest absolute Gasteiger partial charge is 0.355 e. The van der Waals surface area contributed by atoms with Gasteiger partial charge in [-0.15, -0.1) is 0 Å². The molecule has 0 aliphatic carbocycles. The molecule has 112 valence electrons. The molecule has 2 rings (SSSR count). The van der Waals surface area contributed by atoms with Crippen LogP contribution in [0, 0.1) is 6.92 Å². The number of benzene rings is 1. The van der Waals surface area contributed by atoms with E-state index >= 15 is 0 Å². The summed E-state index contributed by atoms with van der Waals surface area (Å²) < 4.78 is 12.4. The van der Waals surface area contributed by atoms with Gasteiger partial charge in [-0.3, -0.25) is 0 Å². The minimum Gasteiger partial charge on any atom is -0.488 e. The van der Waals surface area contributed by atoms with Crippen molar-refractivity contribution in [2.45, 2.75) is 6.92 Å². The highest BCUT2D eigenvalue weighted by Crippen LogP contribution is 2.27. The lowest BCUT2D eigenvalue weighted by molar-refractivity contribution is 0.0439. The summed E-state index contributed by atoms with van der Waals surface area (Å²) in [5.41, 5.74) is 1.50. The van der Waals surface area contributed by atoms with Crippen LogP contribution in [0.1, 0.15) is 16.2 Å². The third-order valence-electron chi connectivity index (χ3n) is 3.05. The van der Waals surface area contributed by atoms with E-state index < -0.39 is 0 Å². The van der Waals surface area contributed by atoms with Gasteiger partial charge in [-0.25, -0.2) is 4.79 Å². The highest BCUT2D eigenvalue weighted by atomic mass is 35.5. The number of hydrogen-bond donors (Lipinski definition) is 0. The largest absolute Gasteiger partial charge is 0.488 e. The quantitative estimate of drug-likeness (QED) is 0.618. The fourth-order valence-electron chi connectivity index (χ4n) is 1.77. The maximum atomic E-state index is 11.9. The first-order valence-electron chi connectivity index (χ1n) is 6.36. The number of aromatic nitrogens is 1. The highest BCUT2D eigenvalue weighted by molar-refractivity contribution is 6.35. The Morgan fingerprint density at radius 1 is 1.19 bits per heavy atom. The lowest BCUT2D eigenvalue weighted by Gasteiger charge is -2.09. The molecule has 0 radical (unpaired) electrons. The normalized spacial score (nSPS) is 10.5. The summed E-state index contributed by atoms with van der Waals surface area (Å²) >= 11 is 11.8. The Bertz CT molecular complexity index is 652. The number of aryl methyl sites for hydroxylation is 1. The number of ether oxygens (including phenoxy) is 2. The SMILES string of the molecule is Cc1ccc(C(=O)OCCOc2ccc(Cl)cc2Cl)n1C. The van der Waals surface area contributed by atoms with Crippen molar-refractivity contribution in [1.29, 1.82) is 0 Å². The predicted octanol–water partition coefficient (Wildman–Crippen LogP) is 3.88. The summed E-state index contributed by atoms with van der Waals surface area (Å²) in [6, 6.07) is 8.54. The molecule has 0 bridgehead atoms. The van der Waals surface area contributed by atoms with Crippen molar-refractivity contribution in [2.75, 3.05) is 13.2 Å². The van der Waals surface area contributed by atoms with Crippen molar-refractivity contribution in [1.82, 2.24) is 4.57 Å². The van der Waals surface area contributed by atoms with E-state index in [9.17, 15) is 4.79 Å². The molecule has 1 aromatic heterocycles. The summed E-state index contributed by atoms with van der Waals surface area (Å²) in [6.45, 7) is 2.28. The Balaban J connectivity index is 1.82. The summed E-state index contributed by atoms with van der Waals surface area (Å²) in [5.74, 6) is 0.128. The van der Waals surface area contributed by atoms with Gasteiger partial charge in [0.1, 0.15) is 24.7 Å². The van der Waals surface area contributed by atoms with E-state index in [4.69, 9.17) is 32.7 Å². The Kier molecular flexibility index (Phi) is 5.15. The van der Waals surface area contributed by atoms with Crippen molar-refractivity contribution in [3.63, 3.8) is 0 Å². The van der Waals surface area contributed by atoms with Crippen LogP contribution in [0.5, 0.6) is 5.75 Å². The summed E-state index contributed by atoms with van der Waals surface area (Å²) in [7, 11) is 1.82. The maximum Gasteiger partial charge on any atom is 0.355 e. The van der Waals surface area contributed by atoms with Gasteiger partial charge in [0.15, 0.2) is 0 Å². The lowest BCUT2D eigenvalue weighted by atomic mass is 10.3. The summed E-state index contributed by atoms with van der Waals surface area (Å²) in [6.07, 6.45) is 0. The van der Waals surface area contributed by atoms with Crippen LogP contribution in [0.2, 0.25) is 10.0 Å². The van der Waals surface area contributed by atoms with E-state index in [1.807, 2.05) is 20.0 Å². The monoisotopic (exact) mass is 327 g/mol. The fraction of sp³-hybridized carbons (Fsp3) is 0.267. The molecule has 0 aliphatic heterocycles. The Morgan fingerprint density at radius 2 is 1.95 bits per heavy atom. The minimum atomic E-state index is -0.378. The molecule has 0 unspecified atom stereocenters. The molecule has 6 heteroatoms. The number of carbonyl (C=O) groups excluding carboxylic acids is 1. The number of rotatable bonds is 5. The van der Waals surface area contributed by atoms with E-state index in [1.54, 1.807) is 28.8 Å². The van der Waals surface area contributed by atoms with Crippen LogP contribution in [-0.4, -0.2) is 23.8 Å². The molecule has 0 aliphatic rings. The topological polar surface area (TPSA) is 40.5 Å². The number of hydrogen-bond acceptors (Lipinski definition) is 3. The Morgan fingerprint density at radius 3 is 2.57 bits per heavy atom. The third-order valence-corrected chi connectivity index (χ3v) is 3.58. The molecule has 1 aromatic carbocycles. The minimum absolute atomic E-state index is 0.141. The first-order chi connectivity index (χ1) is 9.99. The molecule has 0 spiro atoms. The van der Waals surface area contributed by atoms with Crippen molar-refractivity contribution >= 4 is 29.2 Å². The number of esters is 1. The standard InChI is InChI=1S/C15H15Cl2NO3/c1-10-3-5-13(18(10)2)15(19)21-8-7-20-14-6-4-11(16)9-12(14)17/h3-6,9H,7-8H2,1-2H3. The van der Waals surface area contributed by atoms with Crippen LogP contribution in [-0.2, 0) is 11.8 Å². The van der Waals surface area contributed by atoms with Crippen LogP contribution >= 0.6 is 23.2 Å². The number of nitrogens with zero attached hydrogens (tertiary/aromatic N) is 1. The molecular formula is C15H15Cl2NO3. The van der Waals surface area contributed by atoms with Crippen LogP contribution in [0.4, 0.5) is 0 Å². The van der Waals surface area contributed by atoms with Gasteiger partial charge < -0.3 is 14.0 Å². The zero-order chi connectivity index (χ0) is 15.4. The number of carbonyl (C=O) groups is 1. The van der Waals surface area contributed by atoms with Gasteiger partial charge in [-0.05, 0) is 37.3 Å². The molecule has 4 nitrogen and oxygen atoms in total. The second-order valence-electron chi connectivity index (χ2n) is 4.48. The molecule has 0 fully saturated rings. The lowest BCUT2D eigenvalue weighted by Crippen LogP contribution is -2.15. The predicted molar refractivity (Wildman–Crippen MR) is 82.4 cm³/mol. The van der Waals surface area contributed by atoms with Gasteiger partial charge in [0.25, 0.3) is 0 Å².